The summed E-state index contributed by atoms with van der Waals surface area (Å²) in [5.74, 6) is 1.14. The van der Waals surface area contributed by atoms with Gasteiger partial charge in [-0.1, -0.05) is 11.6 Å². The monoisotopic (exact) mass is 292 g/mol. The Labute approximate surface area is 124 Å². The molecule has 114 valence electrons. The number of ether oxygens (including phenoxy) is 2. The topological polar surface area (TPSA) is 69.2 Å². The van der Waals surface area contributed by atoms with E-state index in [4.69, 9.17) is 14.3 Å². The number of methoxy groups -OCH3 is 2. The van der Waals surface area contributed by atoms with Crippen molar-refractivity contribution in [3.63, 3.8) is 0 Å². The second-order valence-electron chi connectivity index (χ2n) is 4.79. The normalized spacial score (nSPS) is 14.3. The average molecular weight is 292 g/mol. The molecule has 1 N–H and O–H groups in total. The van der Waals surface area contributed by atoms with Gasteiger partial charge in [-0.3, -0.25) is 10.2 Å². The summed E-state index contributed by atoms with van der Waals surface area (Å²) in [7, 11) is 3.08. The van der Waals surface area contributed by atoms with Crippen LogP contribution in [0.4, 0.5) is 10.5 Å². The SMILES string of the molecule is COc1ccc(OC)c(NC(=O)ON=C2CCCCC2)c1. The fourth-order valence-corrected chi connectivity index (χ4v) is 2.20. The summed E-state index contributed by atoms with van der Waals surface area (Å²) in [5.41, 5.74) is 1.42. The maximum Gasteiger partial charge on any atom is 0.437 e. The minimum atomic E-state index is -0.639. The van der Waals surface area contributed by atoms with Crippen molar-refractivity contribution in [1.29, 1.82) is 0 Å². The molecule has 6 nitrogen and oxygen atoms in total. The number of amides is 1. The largest absolute Gasteiger partial charge is 0.497 e. The first-order chi connectivity index (χ1) is 10.2. The molecule has 1 aliphatic rings. The molecule has 1 fully saturated rings. The maximum absolute atomic E-state index is 11.8. The van der Waals surface area contributed by atoms with Crippen LogP contribution in [0.25, 0.3) is 0 Å². The molecule has 1 saturated carbocycles. The minimum absolute atomic E-state index is 0.477. The molecule has 6 heteroatoms. The van der Waals surface area contributed by atoms with Crippen LogP contribution in [0, 0.1) is 0 Å². The third kappa shape index (κ3) is 4.37. The number of carbonyl (C=O) groups is 1. The zero-order valence-corrected chi connectivity index (χ0v) is 12.3. The molecule has 1 amide bonds. The third-order valence-electron chi connectivity index (χ3n) is 3.33. The number of hydrogen-bond acceptors (Lipinski definition) is 5. The number of nitrogens with one attached hydrogen (secondary N) is 1. The zero-order chi connectivity index (χ0) is 15.1. The molecule has 0 bridgehead atoms. The van der Waals surface area contributed by atoms with E-state index in [1.807, 2.05) is 0 Å². The van der Waals surface area contributed by atoms with E-state index in [-0.39, 0.29) is 0 Å². The Morgan fingerprint density at radius 3 is 2.57 bits per heavy atom. The molecule has 1 aromatic carbocycles. The average Bonchev–Trinajstić information content (AvgIpc) is 2.54. The number of anilines is 1. The summed E-state index contributed by atoms with van der Waals surface area (Å²) in [6.45, 7) is 0. The Morgan fingerprint density at radius 2 is 1.90 bits per heavy atom. The number of oxime groups is 1. The van der Waals surface area contributed by atoms with Gasteiger partial charge in [0.1, 0.15) is 11.5 Å². The van der Waals surface area contributed by atoms with Crippen LogP contribution in [0.2, 0.25) is 0 Å². The summed E-state index contributed by atoms with van der Waals surface area (Å²) in [5, 5.41) is 6.51. The molecule has 1 aromatic rings. The van der Waals surface area contributed by atoms with Crippen LogP contribution in [0.5, 0.6) is 11.5 Å². The van der Waals surface area contributed by atoms with E-state index in [9.17, 15) is 4.79 Å². The Bertz CT molecular complexity index is 520. The molecule has 0 heterocycles. The van der Waals surface area contributed by atoms with Gasteiger partial charge in [-0.2, -0.15) is 0 Å². The van der Waals surface area contributed by atoms with Crippen molar-refractivity contribution in [2.24, 2.45) is 5.16 Å². The fourth-order valence-electron chi connectivity index (χ4n) is 2.20. The standard InChI is InChI=1S/C15H20N2O4/c1-19-12-8-9-14(20-2)13(10-12)16-15(18)21-17-11-6-4-3-5-7-11/h8-10H,3-7H2,1-2H3,(H,16,18). The van der Waals surface area contributed by atoms with E-state index in [1.165, 1.54) is 13.5 Å². The highest BCUT2D eigenvalue weighted by molar-refractivity contribution is 5.89. The summed E-state index contributed by atoms with van der Waals surface area (Å²) in [6.07, 6.45) is 4.58. The van der Waals surface area contributed by atoms with Crippen LogP contribution < -0.4 is 14.8 Å². The lowest BCUT2D eigenvalue weighted by Gasteiger charge is -2.12. The minimum Gasteiger partial charge on any atom is -0.497 e. The van der Waals surface area contributed by atoms with Gasteiger partial charge in [0.15, 0.2) is 0 Å². The second-order valence-corrected chi connectivity index (χ2v) is 4.79. The Morgan fingerprint density at radius 1 is 1.14 bits per heavy atom. The molecule has 1 aliphatic carbocycles. The van der Waals surface area contributed by atoms with Crippen molar-refractivity contribution in [3.8, 4) is 11.5 Å². The first-order valence-corrected chi connectivity index (χ1v) is 6.98. The van der Waals surface area contributed by atoms with E-state index in [1.54, 1.807) is 25.3 Å². The number of carbonyl (C=O) groups excluding carboxylic acids is 1. The Balaban J connectivity index is 1.98. The molecule has 21 heavy (non-hydrogen) atoms. The summed E-state index contributed by atoms with van der Waals surface area (Å²) in [4.78, 5) is 16.7. The van der Waals surface area contributed by atoms with Gasteiger partial charge in [-0.05, 0) is 37.8 Å². The van der Waals surface area contributed by atoms with Crippen LogP contribution in [0.1, 0.15) is 32.1 Å². The summed E-state index contributed by atoms with van der Waals surface area (Å²) >= 11 is 0. The molecule has 2 rings (SSSR count). The molecule has 0 unspecified atom stereocenters. The number of benzene rings is 1. The Kier molecular flexibility index (Phi) is 5.43. The first kappa shape index (κ1) is 15.2. The van der Waals surface area contributed by atoms with E-state index in [0.29, 0.717) is 17.2 Å². The van der Waals surface area contributed by atoms with Crippen LogP contribution in [-0.2, 0) is 4.84 Å². The number of hydrogen-bond donors (Lipinski definition) is 1. The molecule has 0 aromatic heterocycles. The van der Waals surface area contributed by atoms with Gasteiger partial charge >= 0.3 is 6.09 Å². The second kappa shape index (κ2) is 7.52. The highest BCUT2D eigenvalue weighted by atomic mass is 16.7. The van der Waals surface area contributed by atoms with Crippen LogP contribution >= 0.6 is 0 Å². The molecule has 0 saturated heterocycles. The van der Waals surface area contributed by atoms with E-state index < -0.39 is 6.09 Å². The number of rotatable bonds is 4. The molecule has 0 aliphatic heterocycles. The van der Waals surface area contributed by atoms with E-state index in [0.717, 1.165) is 31.4 Å². The van der Waals surface area contributed by atoms with Gasteiger partial charge in [0.2, 0.25) is 0 Å². The predicted octanol–water partition coefficient (Wildman–Crippen LogP) is 3.57. The van der Waals surface area contributed by atoms with E-state index >= 15 is 0 Å². The van der Waals surface area contributed by atoms with Crippen molar-refractivity contribution < 1.29 is 19.1 Å². The highest BCUT2D eigenvalue weighted by Crippen LogP contribution is 2.29. The van der Waals surface area contributed by atoms with Crippen molar-refractivity contribution >= 4 is 17.5 Å². The van der Waals surface area contributed by atoms with Gasteiger partial charge in [-0.25, -0.2) is 4.79 Å². The van der Waals surface area contributed by atoms with Crippen molar-refractivity contribution in [2.75, 3.05) is 19.5 Å². The van der Waals surface area contributed by atoms with Gasteiger partial charge < -0.3 is 9.47 Å². The van der Waals surface area contributed by atoms with Crippen LogP contribution in [0.15, 0.2) is 23.4 Å². The Hall–Kier alpha value is -2.24. The van der Waals surface area contributed by atoms with Crippen molar-refractivity contribution in [3.05, 3.63) is 18.2 Å². The van der Waals surface area contributed by atoms with E-state index in [2.05, 4.69) is 10.5 Å². The zero-order valence-electron chi connectivity index (χ0n) is 12.3. The molecular formula is C15H20N2O4. The van der Waals surface area contributed by atoms with Crippen LogP contribution in [-0.4, -0.2) is 26.0 Å². The van der Waals surface area contributed by atoms with Crippen molar-refractivity contribution in [1.82, 2.24) is 0 Å². The molecule has 0 spiro atoms. The van der Waals surface area contributed by atoms with Crippen LogP contribution in [0.3, 0.4) is 0 Å². The lowest BCUT2D eigenvalue weighted by molar-refractivity contribution is 0.165. The number of nitrogens with zero attached hydrogens (tertiary/aromatic N) is 1. The smallest absolute Gasteiger partial charge is 0.437 e. The predicted molar refractivity (Wildman–Crippen MR) is 80.2 cm³/mol. The first-order valence-electron chi connectivity index (χ1n) is 6.98. The summed E-state index contributed by atoms with van der Waals surface area (Å²) < 4.78 is 10.3. The molecular weight excluding hydrogens is 272 g/mol. The summed E-state index contributed by atoms with van der Waals surface area (Å²) in [6, 6.07) is 5.12. The van der Waals surface area contributed by atoms with Gasteiger partial charge in [0.25, 0.3) is 0 Å². The highest BCUT2D eigenvalue weighted by Gasteiger charge is 2.12. The lowest BCUT2D eigenvalue weighted by atomic mass is 9.99. The molecule has 0 radical (unpaired) electrons. The van der Waals surface area contributed by atoms with Crippen molar-refractivity contribution in [2.45, 2.75) is 32.1 Å². The lowest BCUT2D eigenvalue weighted by Crippen LogP contribution is -2.14. The maximum atomic E-state index is 11.8. The molecule has 0 atom stereocenters. The third-order valence-corrected chi connectivity index (χ3v) is 3.33. The van der Waals surface area contributed by atoms with Gasteiger partial charge in [0.05, 0.1) is 25.6 Å². The quantitative estimate of drug-likeness (QED) is 0.680. The van der Waals surface area contributed by atoms with Gasteiger partial charge in [-0.15, -0.1) is 0 Å². The van der Waals surface area contributed by atoms with Gasteiger partial charge in [0, 0.05) is 6.07 Å². The fraction of sp³-hybridized carbons (Fsp3) is 0.467.